The van der Waals surface area contributed by atoms with Crippen LogP contribution < -0.4 is 10.6 Å². The zero-order chi connectivity index (χ0) is 20.2. The molecule has 8 nitrogen and oxygen atoms in total. The molecule has 0 radical (unpaired) electrons. The van der Waals surface area contributed by atoms with Crippen molar-refractivity contribution in [2.45, 2.75) is 55.5 Å². The molecule has 3 N–H and O–H groups in total. The van der Waals surface area contributed by atoms with Gasteiger partial charge in [0.15, 0.2) is 0 Å². The number of aromatic nitrogens is 3. The highest BCUT2D eigenvalue weighted by Gasteiger charge is 2.23. The molecule has 1 unspecified atom stereocenters. The Hall–Kier alpha value is -2.81. The SMILES string of the molecule is CC(Sc1nnc(-c2c[nH]c3ccccc23)o1)C(=O)NC(=O)NC1CCCCC1. The molecule has 1 aliphatic carbocycles. The average molecular weight is 414 g/mol. The van der Waals surface area contributed by atoms with E-state index in [-0.39, 0.29) is 11.3 Å². The maximum atomic E-state index is 12.3. The second-order valence-electron chi connectivity index (χ2n) is 7.18. The second kappa shape index (κ2) is 8.69. The lowest BCUT2D eigenvalue weighted by Crippen LogP contribution is -2.47. The third-order valence-electron chi connectivity index (χ3n) is 5.05. The van der Waals surface area contributed by atoms with Crippen molar-refractivity contribution < 1.29 is 14.0 Å². The molecule has 9 heteroatoms. The number of carbonyl (C=O) groups excluding carboxylic acids is 2. The Bertz CT molecular complexity index is 1010. The minimum Gasteiger partial charge on any atom is -0.411 e. The molecule has 2 heterocycles. The van der Waals surface area contributed by atoms with Crippen molar-refractivity contribution in [3.8, 4) is 11.5 Å². The summed E-state index contributed by atoms with van der Waals surface area (Å²) in [6, 6.07) is 7.53. The van der Waals surface area contributed by atoms with E-state index in [1.54, 1.807) is 6.92 Å². The van der Waals surface area contributed by atoms with Gasteiger partial charge in [-0.25, -0.2) is 4.79 Å². The number of thioether (sulfide) groups is 1. The van der Waals surface area contributed by atoms with E-state index in [4.69, 9.17) is 4.42 Å². The minimum absolute atomic E-state index is 0.147. The summed E-state index contributed by atoms with van der Waals surface area (Å²) in [4.78, 5) is 27.5. The fraction of sp³-hybridized carbons (Fsp3) is 0.400. The smallest absolute Gasteiger partial charge is 0.321 e. The molecule has 3 amide bonds. The van der Waals surface area contributed by atoms with Crippen molar-refractivity contribution in [1.29, 1.82) is 0 Å². The van der Waals surface area contributed by atoms with Crippen LogP contribution in [0.25, 0.3) is 22.4 Å². The molecule has 152 valence electrons. The average Bonchev–Trinajstić information content (AvgIpc) is 3.35. The Morgan fingerprint density at radius 2 is 2.00 bits per heavy atom. The highest BCUT2D eigenvalue weighted by Crippen LogP contribution is 2.30. The lowest BCUT2D eigenvalue weighted by Gasteiger charge is -2.22. The van der Waals surface area contributed by atoms with E-state index in [9.17, 15) is 9.59 Å². The van der Waals surface area contributed by atoms with Crippen molar-refractivity contribution in [3.05, 3.63) is 30.5 Å². The first-order chi connectivity index (χ1) is 14.1. The van der Waals surface area contributed by atoms with Crippen LogP contribution in [0.2, 0.25) is 0 Å². The van der Waals surface area contributed by atoms with Gasteiger partial charge in [-0.3, -0.25) is 10.1 Å². The molecule has 0 saturated heterocycles. The number of amides is 3. The van der Waals surface area contributed by atoms with E-state index in [1.807, 2.05) is 30.5 Å². The van der Waals surface area contributed by atoms with Crippen molar-refractivity contribution in [2.75, 3.05) is 0 Å². The van der Waals surface area contributed by atoms with Crippen LogP contribution >= 0.6 is 11.8 Å². The van der Waals surface area contributed by atoms with Crippen LogP contribution in [0.15, 0.2) is 40.1 Å². The van der Waals surface area contributed by atoms with E-state index >= 15 is 0 Å². The third kappa shape index (κ3) is 4.61. The first kappa shape index (κ1) is 19.5. The van der Waals surface area contributed by atoms with Gasteiger partial charge in [-0.15, -0.1) is 10.2 Å². The number of imide groups is 1. The van der Waals surface area contributed by atoms with Crippen LogP contribution in [-0.2, 0) is 4.79 Å². The fourth-order valence-electron chi connectivity index (χ4n) is 3.50. The minimum atomic E-state index is -0.552. The van der Waals surface area contributed by atoms with Gasteiger partial charge in [0.05, 0.1) is 10.8 Å². The van der Waals surface area contributed by atoms with E-state index in [0.29, 0.717) is 5.89 Å². The van der Waals surface area contributed by atoms with Crippen LogP contribution in [-0.4, -0.2) is 38.4 Å². The first-order valence-electron chi connectivity index (χ1n) is 9.78. The fourth-order valence-corrected chi connectivity index (χ4v) is 4.18. The molecule has 1 aromatic carbocycles. The molecule has 0 spiro atoms. The Kier molecular flexibility index (Phi) is 5.84. The standard InChI is InChI=1S/C20H23N5O3S/c1-12(17(26)23-19(27)22-13-7-3-2-4-8-13)29-20-25-24-18(28-20)15-11-21-16-10-6-5-9-14(15)16/h5-6,9-13,21H,2-4,7-8H2,1H3,(H2,22,23,26,27). The number of nitrogens with one attached hydrogen (secondary N) is 3. The van der Waals surface area contributed by atoms with Gasteiger partial charge in [0.2, 0.25) is 5.91 Å². The molecular formula is C20H23N5O3S. The van der Waals surface area contributed by atoms with Gasteiger partial charge >= 0.3 is 6.03 Å². The van der Waals surface area contributed by atoms with E-state index < -0.39 is 17.2 Å². The van der Waals surface area contributed by atoms with Crippen molar-refractivity contribution in [3.63, 3.8) is 0 Å². The van der Waals surface area contributed by atoms with Gasteiger partial charge in [-0.2, -0.15) is 0 Å². The normalized spacial score (nSPS) is 15.9. The number of urea groups is 1. The topological polar surface area (TPSA) is 113 Å². The summed E-state index contributed by atoms with van der Waals surface area (Å²) >= 11 is 1.12. The van der Waals surface area contributed by atoms with Crippen LogP contribution in [0.5, 0.6) is 0 Å². The molecule has 3 aromatic rings. The Morgan fingerprint density at radius 3 is 2.83 bits per heavy atom. The Labute approximate surface area is 172 Å². The monoisotopic (exact) mass is 413 g/mol. The maximum absolute atomic E-state index is 12.3. The van der Waals surface area contributed by atoms with Gasteiger partial charge in [-0.1, -0.05) is 49.2 Å². The molecule has 1 atom stereocenters. The first-order valence-corrected chi connectivity index (χ1v) is 10.7. The summed E-state index contributed by atoms with van der Waals surface area (Å²) in [7, 11) is 0. The lowest BCUT2D eigenvalue weighted by atomic mass is 9.96. The van der Waals surface area contributed by atoms with Crippen LogP contribution in [0.4, 0.5) is 4.79 Å². The highest BCUT2D eigenvalue weighted by molar-refractivity contribution is 8.00. The Balaban J connectivity index is 1.34. The molecule has 1 saturated carbocycles. The van der Waals surface area contributed by atoms with Crippen LogP contribution in [0.3, 0.4) is 0 Å². The summed E-state index contributed by atoms with van der Waals surface area (Å²) in [5.74, 6) is -0.0113. The molecule has 4 rings (SSSR count). The van der Waals surface area contributed by atoms with Crippen LogP contribution in [0, 0.1) is 0 Å². The number of H-pyrrole nitrogens is 1. The predicted molar refractivity (Wildman–Crippen MR) is 110 cm³/mol. The van der Waals surface area contributed by atoms with Gasteiger partial charge in [-0.05, 0) is 25.8 Å². The zero-order valence-electron chi connectivity index (χ0n) is 16.1. The van der Waals surface area contributed by atoms with Gasteiger partial charge in [0.25, 0.3) is 11.1 Å². The zero-order valence-corrected chi connectivity index (χ0v) is 16.9. The number of nitrogens with zero attached hydrogens (tertiary/aromatic N) is 2. The number of rotatable bonds is 5. The number of hydrogen-bond donors (Lipinski definition) is 3. The summed E-state index contributed by atoms with van der Waals surface area (Å²) < 4.78 is 5.72. The highest BCUT2D eigenvalue weighted by atomic mass is 32.2. The molecule has 0 bridgehead atoms. The molecule has 0 aliphatic heterocycles. The number of benzene rings is 1. The second-order valence-corrected chi connectivity index (χ2v) is 8.47. The lowest BCUT2D eigenvalue weighted by molar-refractivity contribution is -0.119. The maximum Gasteiger partial charge on any atom is 0.321 e. The molecule has 1 aliphatic rings. The van der Waals surface area contributed by atoms with Crippen molar-refractivity contribution >= 4 is 34.6 Å². The number of hydrogen-bond acceptors (Lipinski definition) is 6. The van der Waals surface area contributed by atoms with Crippen molar-refractivity contribution in [1.82, 2.24) is 25.8 Å². The molecular weight excluding hydrogens is 390 g/mol. The quantitative estimate of drug-likeness (QED) is 0.548. The third-order valence-corrected chi connectivity index (χ3v) is 5.98. The summed E-state index contributed by atoms with van der Waals surface area (Å²) in [6.45, 7) is 1.70. The predicted octanol–water partition coefficient (Wildman–Crippen LogP) is 3.86. The van der Waals surface area contributed by atoms with E-state index in [0.717, 1.165) is 53.9 Å². The van der Waals surface area contributed by atoms with Gasteiger partial charge in [0.1, 0.15) is 0 Å². The van der Waals surface area contributed by atoms with Gasteiger partial charge < -0.3 is 14.7 Å². The number of carbonyl (C=O) groups is 2. The van der Waals surface area contributed by atoms with Crippen molar-refractivity contribution in [2.24, 2.45) is 0 Å². The van der Waals surface area contributed by atoms with Crippen LogP contribution in [0.1, 0.15) is 39.0 Å². The van der Waals surface area contributed by atoms with E-state index in [2.05, 4.69) is 25.8 Å². The number of fused-ring (bicyclic) bond motifs is 1. The number of aromatic amines is 1. The summed E-state index contributed by atoms with van der Waals surface area (Å²) in [5.41, 5.74) is 1.79. The molecule has 29 heavy (non-hydrogen) atoms. The van der Waals surface area contributed by atoms with Gasteiger partial charge in [0, 0.05) is 23.1 Å². The molecule has 1 fully saturated rings. The summed E-state index contributed by atoms with van der Waals surface area (Å²) in [5, 5.41) is 14.1. The summed E-state index contributed by atoms with van der Waals surface area (Å²) in [6.07, 6.45) is 7.17. The van der Waals surface area contributed by atoms with E-state index in [1.165, 1.54) is 6.42 Å². The molecule has 2 aromatic heterocycles. The largest absolute Gasteiger partial charge is 0.411 e. The Morgan fingerprint density at radius 1 is 1.21 bits per heavy atom. The number of para-hydroxylation sites is 1.